The number of allylic oxidation sites excluding steroid dienone is 1. The second-order valence-electron chi connectivity index (χ2n) is 2.63. The highest BCUT2D eigenvalue weighted by atomic mass is 16.1. The zero-order valence-electron chi connectivity index (χ0n) is 6.42. The Morgan fingerprint density at radius 3 is 2.58 bits per heavy atom. The predicted octanol–water partition coefficient (Wildman–Crippen LogP) is 0.980. The van der Waals surface area contributed by atoms with Crippen LogP contribution in [0.5, 0.6) is 0 Å². The fraction of sp³-hybridized carbons (Fsp3) is 0.111. The normalized spacial score (nSPS) is 26.3. The van der Waals surface area contributed by atoms with Gasteiger partial charge in [0, 0.05) is 18.6 Å². The first kappa shape index (κ1) is 7.03. The number of aldehydes is 1. The van der Waals surface area contributed by atoms with Gasteiger partial charge in [-0.1, -0.05) is 0 Å². The molecule has 1 aliphatic rings. The molecule has 2 rings (SSSR count). The molecule has 1 unspecified atom stereocenters. The number of nitrogens with zero attached hydrogens (tertiary/aromatic N) is 2. The van der Waals surface area contributed by atoms with Crippen LogP contribution in [0.3, 0.4) is 0 Å². The highest BCUT2D eigenvalue weighted by Gasteiger charge is 2.27. The van der Waals surface area contributed by atoms with Gasteiger partial charge in [0.15, 0.2) is 6.29 Å². The highest BCUT2D eigenvalue weighted by molar-refractivity contribution is 5.81. The second-order valence-corrected chi connectivity index (χ2v) is 2.63. The molecule has 0 amide bonds. The average molecular weight is 160 g/mol. The van der Waals surface area contributed by atoms with Crippen LogP contribution < -0.4 is 0 Å². The molecule has 0 saturated carbocycles. The van der Waals surface area contributed by atoms with Gasteiger partial charge in [0.1, 0.15) is 0 Å². The maximum Gasteiger partial charge on any atom is 0.210 e. The lowest BCUT2D eigenvalue weighted by molar-refractivity contribution is -0.113. The van der Waals surface area contributed by atoms with Gasteiger partial charge < -0.3 is 4.57 Å². The van der Waals surface area contributed by atoms with E-state index in [4.69, 9.17) is 0 Å². The lowest BCUT2D eigenvalue weighted by Crippen LogP contribution is -2.28. The molecule has 0 aliphatic carbocycles. The number of aromatic nitrogens is 1. The van der Waals surface area contributed by atoms with E-state index in [1.54, 1.807) is 22.9 Å². The van der Waals surface area contributed by atoms with Gasteiger partial charge in [0.05, 0.1) is 0 Å². The number of hydrogen-bond acceptors (Lipinski definition) is 2. The summed E-state index contributed by atoms with van der Waals surface area (Å²) < 4.78 is 1.76. The molecule has 2 heterocycles. The molecule has 0 bridgehead atoms. The van der Waals surface area contributed by atoms with Crippen molar-refractivity contribution < 1.29 is 4.79 Å². The summed E-state index contributed by atoms with van der Waals surface area (Å²) in [5.41, 5.74) is -0.816. The van der Waals surface area contributed by atoms with Crippen molar-refractivity contribution in [3.8, 4) is 0 Å². The second kappa shape index (κ2) is 2.44. The van der Waals surface area contributed by atoms with Crippen LogP contribution in [-0.4, -0.2) is 17.1 Å². The zero-order valence-corrected chi connectivity index (χ0v) is 6.42. The lowest BCUT2D eigenvalue weighted by Gasteiger charge is -2.18. The topological polar surface area (TPSA) is 34.4 Å². The van der Waals surface area contributed by atoms with Crippen LogP contribution in [0, 0.1) is 0 Å². The van der Waals surface area contributed by atoms with E-state index in [0.29, 0.717) is 0 Å². The Balaban J connectivity index is 2.49. The molecule has 1 aromatic heterocycles. The van der Waals surface area contributed by atoms with E-state index in [1.807, 2.05) is 24.5 Å². The minimum Gasteiger partial charge on any atom is -0.320 e. The van der Waals surface area contributed by atoms with Gasteiger partial charge in [-0.3, -0.25) is 9.79 Å². The van der Waals surface area contributed by atoms with Crippen LogP contribution in [0.2, 0.25) is 0 Å². The van der Waals surface area contributed by atoms with E-state index in [-0.39, 0.29) is 0 Å². The van der Waals surface area contributed by atoms with Crippen molar-refractivity contribution in [3.05, 3.63) is 36.7 Å². The summed E-state index contributed by atoms with van der Waals surface area (Å²) in [6.45, 7) is 0. The van der Waals surface area contributed by atoms with Gasteiger partial charge in [-0.2, -0.15) is 0 Å². The number of hydrogen-bond donors (Lipinski definition) is 0. The summed E-state index contributed by atoms with van der Waals surface area (Å²) in [7, 11) is 0. The molecule has 3 heteroatoms. The molecule has 12 heavy (non-hydrogen) atoms. The van der Waals surface area contributed by atoms with Gasteiger partial charge in [0.2, 0.25) is 5.66 Å². The van der Waals surface area contributed by atoms with Crippen LogP contribution in [0.15, 0.2) is 41.7 Å². The third kappa shape index (κ3) is 0.830. The maximum absolute atomic E-state index is 10.8. The van der Waals surface area contributed by atoms with E-state index in [2.05, 4.69) is 4.99 Å². The van der Waals surface area contributed by atoms with Gasteiger partial charge in [-0.25, -0.2) is 0 Å². The molecule has 1 aromatic rings. The summed E-state index contributed by atoms with van der Waals surface area (Å²) in [6, 6.07) is 3.74. The Morgan fingerprint density at radius 2 is 2.08 bits per heavy atom. The Bertz CT molecular complexity index is 323. The van der Waals surface area contributed by atoms with Crippen LogP contribution in [0.25, 0.3) is 0 Å². The zero-order chi connectivity index (χ0) is 8.44. The van der Waals surface area contributed by atoms with E-state index in [0.717, 1.165) is 6.29 Å². The molecular weight excluding hydrogens is 152 g/mol. The van der Waals surface area contributed by atoms with Crippen LogP contribution in [0.4, 0.5) is 0 Å². The largest absolute Gasteiger partial charge is 0.320 e. The third-order valence-corrected chi connectivity index (χ3v) is 1.90. The first-order chi connectivity index (χ1) is 5.87. The van der Waals surface area contributed by atoms with Crippen molar-refractivity contribution in [1.29, 1.82) is 0 Å². The molecule has 0 spiro atoms. The maximum atomic E-state index is 10.8. The Labute approximate surface area is 70.0 Å². The van der Waals surface area contributed by atoms with Crippen molar-refractivity contribution in [2.75, 3.05) is 0 Å². The predicted molar refractivity (Wildman–Crippen MR) is 46.1 cm³/mol. The first-order valence-electron chi connectivity index (χ1n) is 3.70. The number of rotatable bonds is 2. The molecule has 0 N–H and O–H groups in total. The smallest absolute Gasteiger partial charge is 0.210 e. The van der Waals surface area contributed by atoms with Crippen LogP contribution >= 0.6 is 0 Å². The first-order valence-corrected chi connectivity index (χ1v) is 3.70. The Hall–Kier alpha value is -1.64. The fourth-order valence-electron chi connectivity index (χ4n) is 1.25. The van der Waals surface area contributed by atoms with Crippen molar-refractivity contribution in [2.45, 2.75) is 5.66 Å². The van der Waals surface area contributed by atoms with Gasteiger partial charge in [-0.05, 0) is 24.3 Å². The standard InChI is InChI=1S/C9H8N2O/c12-8-9(4-3-5-10-9)11-6-1-2-7-11/h1-8H. The summed E-state index contributed by atoms with van der Waals surface area (Å²) in [5, 5.41) is 0. The molecule has 0 fully saturated rings. The number of aliphatic imine (C=N–C) groups is 1. The summed E-state index contributed by atoms with van der Waals surface area (Å²) in [6.07, 6.45) is 9.64. The van der Waals surface area contributed by atoms with E-state index >= 15 is 0 Å². The molecule has 0 saturated heterocycles. The van der Waals surface area contributed by atoms with Crippen LogP contribution in [0.1, 0.15) is 0 Å². The van der Waals surface area contributed by atoms with Crippen molar-refractivity contribution in [3.63, 3.8) is 0 Å². The molecular formula is C9H8N2O. The SMILES string of the molecule is O=CC1(n2cccc2)C=CC=N1. The summed E-state index contributed by atoms with van der Waals surface area (Å²) in [4.78, 5) is 14.9. The highest BCUT2D eigenvalue weighted by Crippen LogP contribution is 2.20. The minimum absolute atomic E-state index is 0.816. The average Bonchev–Trinajstić information content (AvgIpc) is 2.76. The van der Waals surface area contributed by atoms with Gasteiger partial charge in [-0.15, -0.1) is 0 Å². The van der Waals surface area contributed by atoms with Gasteiger partial charge >= 0.3 is 0 Å². The third-order valence-electron chi connectivity index (χ3n) is 1.90. The fourth-order valence-corrected chi connectivity index (χ4v) is 1.25. The van der Waals surface area contributed by atoms with Crippen molar-refractivity contribution in [2.24, 2.45) is 4.99 Å². The Morgan fingerprint density at radius 1 is 1.33 bits per heavy atom. The van der Waals surface area contributed by atoms with Crippen molar-refractivity contribution >= 4 is 12.5 Å². The summed E-state index contributed by atoms with van der Waals surface area (Å²) >= 11 is 0. The van der Waals surface area contributed by atoms with E-state index in [1.165, 1.54) is 0 Å². The number of carbonyl (C=O) groups excluding carboxylic acids is 1. The summed E-state index contributed by atoms with van der Waals surface area (Å²) in [5.74, 6) is 0. The monoisotopic (exact) mass is 160 g/mol. The molecule has 0 aromatic carbocycles. The lowest BCUT2D eigenvalue weighted by atomic mass is 10.2. The molecule has 3 nitrogen and oxygen atoms in total. The quantitative estimate of drug-likeness (QED) is 0.594. The molecule has 0 radical (unpaired) electrons. The van der Waals surface area contributed by atoms with Crippen LogP contribution in [-0.2, 0) is 10.5 Å². The molecule has 1 aliphatic heterocycles. The van der Waals surface area contributed by atoms with Gasteiger partial charge in [0.25, 0.3) is 0 Å². The Kier molecular flexibility index (Phi) is 1.43. The van der Waals surface area contributed by atoms with Crippen molar-refractivity contribution in [1.82, 2.24) is 4.57 Å². The molecule has 1 atom stereocenters. The minimum atomic E-state index is -0.816. The number of carbonyl (C=O) groups is 1. The van der Waals surface area contributed by atoms with E-state index < -0.39 is 5.66 Å². The van der Waals surface area contributed by atoms with E-state index in [9.17, 15) is 4.79 Å². The molecule has 60 valence electrons.